The van der Waals surface area contributed by atoms with E-state index in [1.54, 1.807) is 6.92 Å². The summed E-state index contributed by atoms with van der Waals surface area (Å²) in [4.78, 5) is 20.6. The van der Waals surface area contributed by atoms with E-state index in [9.17, 15) is 18.0 Å². The van der Waals surface area contributed by atoms with Crippen molar-refractivity contribution in [3.63, 3.8) is 0 Å². The molecule has 2 aromatic rings. The number of anilines is 2. The van der Waals surface area contributed by atoms with Gasteiger partial charge in [-0.05, 0) is 38.5 Å². The maximum absolute atomic E-state index is 13.1. The quantitative estimate of drug-likeness (QED) is 0.765. The number of alkyl halides is 3. The molecule has 0 saturated carbocycles. The molecule has 0 aliphatic rings. The van der Waals surface area contributed by atoms with Gasteiger partial charge in [0.25, 0.3) is 5.91 Å². The molecule has 0 fully saturated rings. The molecular formula is C17H18ClF3N4O. The lowest BCUT2D eigenvalue weighted by Gasteiger charge is -2.15. The first-order valence-corrected chi connectivity index (χ1v) is 8.28. The van der Waals surface area contributed by atoms with E-state index in [-0.39, 0.29) is 22.4 Å². The largest absolute Gasteiger partial charge is 0.418 e. The molecule has 140 valence electrons. The molecule has 1 amide bonds. The summed E-state index contributed by atoms with van der Waals surface area (Å²) in [5.74, 6) is -0.00437. The van der Waals surface area contributed by atoms with Gasteiger partial charge in [0.2, 0.25) is 0 Å². The van der Waals surface area contributed by atoms with Crippen LogP contribution in [0.1, 0.15) is 42.1 Å². The molecule has 1 aromatic heterocycles. The first-order chi connectivity index (χ1) is 12.1. The Hall–Kier alpha value is -2.35. The summed E-state index contributed by atoms with van der Waals surface area (Å²) in [5.41, 5.74) is -1.45. The second kappa shape index (κ2) is 7.90. The average Bonchev–Trinajstić information content (AvgIpc) is 2.54. The van der Waals surface area contributed by atoms with Crippen molar-refractivity contribution in [1.82, 2.24) is 9.97 Å². The zero-order valence-corrected chi connectivity index (χ0v) is 15.2. The van der Waals surface area contributed by atoms with Crippen LogP contribution in [-0.4, -0.2) is 21.9 Å². The summed E-state index contributed by atoms with van der Waals surface area (Å²) in [6.45, 7) is 5.53. The van der Waals surface area contributed by atoms with Crippen molar-refractivity contribution in [2.75, 3.05) is 10.6 Å². The van der Waals surface area contributed by atoms with E-state index in [0.717, 1.165) is 18.6 Å². The molecule has 0 bridgehead atoms. The predicted molar refractivity (Wildman–Crippen MR) is 94.6 cm³/mol. The van der Waals surface area contributed by atoms with Gasteiger partial charge >= 0.3 is 6.18 Å². The highest BCUT2D eigenvalue weighted by Crippen LogP contribution is 2.36. The molecule has 2 N–H and O–H groups in total. The van der Waals surface area contributed by atoms with Crippen LogP contribution in [0, 0.1) is 6.92 Å². The van der Waals surface area contributed by atoms with Crippen LogP contribution in [0.25, 0.3) is 0 Å². The van der Waals surface area contributed by atoms with Crippen LogP contribution in [-0.2, 0) is 6.18 Å². The second-order valence-electron chi connectivity index (χ2n) is 5.78. The highest BCUT2D eigenvalue weighted by molar-refractivity contribution is 6.30. The van der Waals surface area contributed by atoms with Crippen LogP contribution >= 0.6 is 11.6 Å². The number of carbonyl (C=O) groups excluding carboxylic acids is 1. The fourth-order valence-corrected chi connectivity index (χ4v) is 2.33. The van der Waals surface area contributed by atoms with Gasteiger partial charge < -0.3 is 10.6 Å². The molecule has 9 heteroatoms. The minimum absolute atomic E-state index is 0.0358. The van der Waals surface area contributed by atoms with Crippen LogP contribution < -0.4 is 10.6 Å². The third-order valence-corrected chi connectivity index (χ3v) is 3.85. The SMILES string of the molecule is CCC(C)Nc1cc(C(=O)Nc2ccc(Cl)cc2C(F)(F)F)nc(C)n1. The van der Waals surface area contributed by atoms with Crippen molar-refractivity contribution in [3.8, 4) is 0 Å². The molecule has 5 nitrogen and oxygen atoms in total. The highest BCUT2D eigenvalue weighted by atomic mass is 35.5. The van der Waals surface area contributed by atoms with Crippen molar-refractivity contribution in [2.24, 2.45) is 0 Å². The van der Waals surface area contributed by atoms with Gasteiger partial charge in [-0.2, -0.15) is 13.2 Å². The van der Waals surface area contributed by atoms with Crippen LogP contribution in [0.5, 0.6) is 0 Å². The lowest BCUT2D eigenvalue weighted by Crippen LogP contribution is -2.20. The number of carbonyl (C=O) groups is 1. The van der Waals surface area contributed by atoms with Crippen molar-refractivity contribution in [1.29, 1.82) is 0 Å². The molecule has 1 atom stereocenters. The standard InChI is InChI=1S/C17H18ClF3N4O/c1-4-9(2)22-15-8-14(23-10(3)24-15)16(26)25-13-6-5-11(18)7-12(13)17(19,20)21/h5-9H,4H2,1-3H3,(H,25,26)(H,22,23,24). The Morgan fingerprint density at radius 3 is 2.58 bits per heavy atom. The Bertz CT molecular complexity index is 811. The van der Waals surface area contributed by atoms with Crippen molar-refractivity contribution >= 4 is 29.0 Å². The minimum atomic E-state index is -4.65. The Balaban J connectivity index is 2.31. The third-order valence-electron chi connectivity index (χ3n) is 3.61. The fraction of sp³-hybridized carbons (Fsp3) is 0.353. The van der Waals surface area contributed by atoms with Gasteiger partial charge in [-0.1, -0.05) is 18.5 Å². The second-order valence-corrected chi connectivity index (χ2v) is 6.22. The molecule has 0 saturated heterocycles. The van der Waals surface area contributed by atoms with E-state index in [1.807, 2.05) is 13.8 Å². The minimum Gasteiger partial charge on any atom is -0.368 e. The van der Waals surface area contributed by atoms with Crippen LogP contribution in [0.4, 0.5) is 24.7 Å². The van der Waals surface area contributed by atoms with E-state index in [4.69, 9.17) is 11.6 Å². The number of aryl methyl sites for hydroxylation is 1. The Morgan fingerprint density at radius 2 is 1.96 bits per heavy atom. The fourth-order valence-electron chi connectivity index (χ4n) is 2.16. The summed E-state index contributed by atoms with van der Waals surface area (Å²) >= 11 is 5.64. The highest BCUT2D eigenvalue weighted by Gasteiger charge is 2.34. The Kier molecular flexibility index (Phi) is 6.07. The number of benzene rings is 1. The van der Waals surface area contributed by atoms with Gasteiger partial charge in [0, 0.05) is 17.1 Å². The first kappa shape index (κ1) is 20.0. The zero-order chi connectivity index (χ0) is 19.5. The molecule has 2 rings (SSSR count). The summed E-state index contributed by atoms with van der Waals surface area (Å²) in [5, 5.41) is 5.28. The first-order valence-electron chi connectivity index (χ1n) is 7.90. The number of aromatic nitrogens is 2. The average molecular weight is 387 g/mol. The molecule has 0 aliphatic heterocycles. The lowest BCUT2D eigenvalue weighted by atomic mass is 10.1. The Labute approximate surface area is 154 Å². The molecule has 26 heavy (non-hydrogen) atoms. The van der Waals surface area contributed by atoms with Gasteiger partial charge in [0.15, 0.2) is 0 Å². The molecular weight excluding hydrogens is 369 g/mol. The Morgan fingerprint density at radius 1 is 1.27 bits per heavy atom. The number of halogens is 4. The smallest absolute Gasteiger partial charge is 0.368 e. The molecule has 0 spiro atoms. The summed E-state index contributed by atoms with van der Waals surface area (Å²) in [6, 6.07) is 4.66. The van der Waals surface area contributed by atoms with Crippen LogP contribution in [0.3, 0.4) is 0 Å². The molecule has 0 aliphatic carbocycles. The van der Waals surface area contributed by atoms with Gasteiger partial charge in [-0.25, -0.2) is 9.97 Å². The normalized spacial score (nSPS) is 12.6. The monoisotopic (exact) mass is 386 g/mol. The number of amides is 1. The van der Waals surface area contributed by atoms with E-state index in [2.05, 4.69) is 20.6 Å². The van der Waals surface area contributed by atoms with E-state index in [0.29, 0.717) is 11.6 Å². The maximum Gasteiger partial charge on any atom is 0.418 e. The number of hydrogen-bond acceptors (Lipinski definition) is 4. The lowest BCUT2D eigenvalue weighted by molar-refractivity contribution is -0.136. The van der Waals surface area contributed by atoms with Gasteiger partial charge in [0.05, 0.1) is 11.3 Å². The zero-order valence-electron chi connectivity index (χ0n) is 14.4. The van der Waals surface area contributed by atoms with E-state index >= 15 is 0 Å². The number of hydrogen-bond donors (Lipinski definition) is 2. The van der Waals surface area contributed by atoms with Crippen molar-refractivity contribution in [2.45, 2.75) is 39.4 Å². The third kappa shape index (κ3) is 5.08. The maximum atomic E-state index is 13.1. The number of nitrogens with one attached hydrogen (secondary N) is 2. The van der Waals surface area contributed by atoms with E-state index in [1.165, 1.54) is 12.1 Å². The number of rotatable bonds is 5. The van der Waals surface area contributed by atoms with Gasteiger partial charge in [0.1, 0.15) is 17.3 Å². The van der Waals surface area contributed by atoms with Crippen LogP contribution in [0.2, 0.25) is 5.02 Å². The summed E-state index contributed by atoms with van der Waals surface area (Å²) < 4.78 is 39.4. The molecule has 0 radical (unpaired) electrons. The topological polar surface area (TPSA) is 66.9 Å². The van der Waals surface area contributed by atoms with Crippen molar-refractivity contribution < 1.29 is 18.0 Å². The van der Waals surface area contributed by atoms with E-state index < -0.39 is 17.6 Å². The van der Waals surface area contributed by atoms with Crippen molar-refractivity contribution in [3.05, 3.63) is 46.4 Å². The molecule has 1 unspecified atom stereocenters. The predicted octanol–water partition coefficient (Wildman–Crippen LogP) is 4.92. The van der Waals surface area contributed by atoms with Gasteiger partial charge in [-0.3, -0.25) is 4.79 Å². The van der Waals surface area contributed by atoms with Crippen LogP contribution in [0.15, 0.2) is 24.3 Å². The summed E-state index contributed by atoms with van der Waals surface area (Å²) in [7, 11) is 0. The molecule has 1 heterocycles. The summed E-state index contributed by atoms with van der Waals surface area (Å²) in [6.07, 6.45) is -3.82. The molecule has 1 aromatic carbocycles. The number of nitrogens with zero attached hydrogens (tertiary/aromatic N) is 2. The van der Waals surface area contributed by atoms with Gasteiger partial charge in [-0.15, -0.1) is 0 Å².